The molecular formula is C13H16FNS. The van der Waals surface area contributed by atoms with Crippen LogP contribution in [0.4, 0.5) is 4.39 Å². The van der Waals surface area contributed by atoms with Gasteiger partial charge in [0.05, 0.1) is 4.70 Å². The minimum absolute atomic E-state index is 0.132. The molecule has 0 spiro atoms. The quantitative estimate of drug-likeness (QED) is 0.865. The summed E-state index contributed by atoms with van der Waals surface area (Å²) in [6.45, 7) is 4.84. The second-order valence-corrected chi connectivity index (χ2v) is 5.53. The normalized spacial score (nSPS) is 11.6. The Morgan fingerprint density at radius 2 is 2.12 bits per heavy atom. The molecule has 0 atom stereocenters. The van der Waals surface area contributed by atoms with Gasteiger partial charge in [-0.1, -0.05) is 26.0 Å². The number of nitrogens with two attached hydrogens (primary N) is 1. The summed E-state index contributed by atoms with van der Waals surface area (Å²) in [6, 6.07) is 5.28. The van der Waals surface area contributed by atoms with E-state index in [4.69, 9.17) is 5.73 Å². The Kier molecular flexibility index (Phi) is 3.26. The Bertz CT molecular complexity index is 502. The Labute approximate surface area is 99.1 Å². The lowest BCUT2D eigenvalue weighted by Gasteiger charge is -2.06. The highest BCUT2D eigenvalue weighted by molar-refractivity contribution is 7.19. The largest absolute Gasteiger partial charge is 0.326 e. The van der Waals surface area contributed by atoms with E-state index in [2.05, 4.69) is 13.8 Å². The summed E-state index contributed by atoms with van der Waals surface area (Å²) < 4.78 is 14.4. The van der Waals surface area contributed by atoms with Crippen molar-refractivity contribution < 1.29 is 4.39 Å². The zero-order valence-electron chi connectivity index (χ0n) is 9.59. The van der Waals surface area contributed by atoms with Gasteiger partial charge in [-0.3, -0.25) is 0 Å². The van der Waals surface area contributed by atoms with Crippen LogP contribution in [0.5, 0.6) is 0 Å². The first-order chi connectivity index (χ1) is 7.63. The molecular weight excluding hydrogens is 221 g/mol. The van der Waals surface area contributed by atoms with E-state index in [1.807, 2.05) is 6.07 Å². The van der Waals surface area contributed by atoms with Gasteiger partial charge in [-0.15, -0.1) is 11.3 Å². The first-order valence-electron chi connectivity index (χ1n) is 5.52. The summed E-state index contributed by atoms with van der Waals surface area (Å²) >= 11 is 1.49. The SMILES string of the molecule is CC(C)Cc1c(CN)sc2c(F)cccc12. The molecule has 1 nitrogen and oxygen atoms in total. The van der Waals surface area contributed by atoms with Gasteiger partial charge in [-0.2, -0.15) is 0 Å². The fourth-order valence-corrected chi connectivity index (χ4v) is 3.10. The number of rotatable bonds is 3. The van der Waals surface area contributed by atoms with Crippen molar-refractivity contribution in [2.24, 2.45) is 11.7 Å². The van der Waals surface area contributed by atoms with Crippen molar-refractivity contribution in [1.82, 2.24) is 0 Å². The molecule has 0 saturated carbocycles. The first kappa shape index (κ1) is 11.6. The lowest BCUT2D eigenvalue weighted by molar-refractivity contribution is 0.640. The molecule has 2 N–H and O–H groups in total. The maximum absolute atomic E-state index is 13.6. The standard InChI is InChI=1S/C13H16FNS/c1-8(2)6-10-9-4-3-5-11(14)13(9)16-12(10)7-15/h3-5,8H,6-7,15H2,1-2H3. The van der Waals surface area contributed by atoms with Crippen LogP contribution in [0, 0.1) is 11.7 Å². The van der Waals surface area contributed by atoms with Gasteiger partial charge < -0.3 is 5.73 Å². The summed E-state index contributed by atoms with van der Waals surface area (Å²) in [6.07, 6.45) is 0.968. The smallest absolute Gasteiger partial charge is 0.141 e. The minimum atomic E-state index is -0.132. The van der Waals surface area contributed by atoms with Gasteiger partial charge in [0.2, 0.25) is 0 Å². The molecule has 16 heavy (non-hydrogen) atoms. The lowest BCUT2D eigenvalue weighted by Crippen LogP contribution is -2.00. The molecule has 0 aliphatic rings. The van der Waals surface area contributed by atoms with E-state index < -0.39 is 0 Å². The summed E-state index contributed by atoms with van der Waals surface area (Å²) in [7, 11) is 0. The maximum atomic E-state index is 13.6. The summed E-state index contributed by atoms with van der Waals surface area (Å²) in [5, 5.41) is 1.04. The minimum Gasteiger partial charge on any atom is -0.326 e. The van der Waals surface area contributed by atoms with E-state index in [1.54, 1.807) is 6.07 Å². The van der Waals surface area contributed by atoms with Gasteiger partial charge in [0.25, 0.3) is 0 Å². The Balaban J connectivity index is 2.64. The first-order valence-corrected chi connectivity index (χ1v) is 6.34. The van der Waals surface area contributed by atoms with Crippen molar-refractivity contribution >= 4 is 21.4 Å². The van der Waals surface area contributed by atoms with Crippen LogP contribution in [0.2, 0.25) is 0 Å². The Hall–Kier alpha value is -0.930. The molecule has 0 unspecified atom stereocenters. The van der Waals surface area contributed by atoms with E-state index in [9.17, 15) is 4.39 Å². The van der Waals surface area contributed by atoms with Crippen molar-refractivity contribution in [3.63, 3.8) is 0 Å². The zero-order chi connectivity index (χ0) is 11.7. The van der Waals surface area contributed by atoms with Crippen molar-refractivity contribution in [2.75, 3.05) is 0 Å². The van der Waals surface area contributed by atoms with Crippen molar-refractivity contribution in [2.45, 2.75) is 26.8 Å². The average molecular weight is 237 g/mol. The van der Waals surface area contributed by atoms with E-state index in [1.165, 1.54) is 23.0 Å². The molecule has 0 aliphatic heterocycles. The van der Waals surface area contributed by atoms with Crippen LogP contribution in [-0.4, -0.2) is 0 Å². The molecule has 1 aromatic heterocycles. The van der Waals surface area contributed by atoms with Crippen molar-refractivity contribution in [3.05, 3.63) is 34.5 Å². The molecule has 2 aromatic rings. The van der Waals surface area contributed by atoms with Gasteiger partial charge in [0.15, 0.2) is 0 Å². The van der Waals surface area contributed by atoms with Gasteiger partial charge in [-0.05, 0) is 29.4 Å². The van der Waals surface area contributed by atoms with E-state index in [0.717, 1.165) is 21.4 Å². The van der Waals surface area contributed by atoms with E-state index in [0.29, 0.717) is 12.5 Å². The van der Waals surface area contributed by atoms with Gasteiger partial charge >= 0.3 is 0 Å². The van der Waals surface area contributed by atoms with Crippen LogP contribution < -0.4 is 5.73 Å². The molecule has 0 radical (unpaired) electrons. The molecule has 0 amide bonds. The van der Waals surface area contributed by atoms with Crippen LogP contribution in [0.3, 0.4) is 0 Å². The number of benzene rings is 1. The molecule has 0 saturated heterocycles. The van der Waals surface area contributed by atoms with Crippen LogP contribution in [0.25, 0.3) is 10.1 Å². The molecule has 86 valence electrons. The number of hydrogen-bond acceptors (Lipinski definition) is 2. The summed E-state index contributed by atoms with van der Waals surface area (Å²) in [5.41, 5.74) is 6.96. The number of thiophene rings is 1. The second kappa shape index (κ2) is 4.52. The Morgan fingerprint density at radius 3 is 2.75 bits per heavy atom. The summed E-state index contributed by atoms with van der Waals surface area (Å²) in [4.78, 5) is 1.12. The molecule has 3 heteroatoms. The molecule has 1 heterocycles. The predicted octanol–water partition coefficient (Wildman–Crippen LogP) is 3.70. The van der Waals surface area contributed by atoms with Crippen molar-refractivity contribution in [3.8, 4) is 0 Å². The highest BCUT2D eigenvalue weighted by Gasteiger charge is 2.14. The molecule has 0 bridgehead atoms. The van der Waals surface area contributed by atoms with Gasteiger partial charge in [0, 0.05) is 11.4 Å². The highest BCUT2D eigenvalue weighted by atomic mass is 32.1. The van der Waals surface area contributed by atoms with Gasteiger partial charge in [0.1, 0.15) is 5.82 Å². The fourth-order valence-electron chi connectivity index (χ4n) is 1.98. The molecule has 2 rings (SSSR count). The zero-order valence-corrected chi connectivity index (χ0v) is 10.4. The van der Waals surface area contributed by atoms with Crippen LogP contribution in [-0.2, 0) is 13.0 Å². The van der Waals surface area contributed by atoms with Crippen LogP contribution in [0.1, 0.15) is 24.3 Å². The van der Waals surface area contributed by atoms with E-state index in [-0.39, 0.29) is 5.82 Å². The molecule has 0 fully saturated rings. The lowest BCUT2D eigenvalue weighted by atomic mass is 10.00. The fraction of sp³-hybridized carbons (Fsp3) is 0.385. The predicted molar refractivity (Wildman–Crippen MR) is 68.2 cm³/mol. The van der Waals surface area contributed by atoms with Crippen LogP contribution >= 0.6 is 11.3 Å². The summed E-state index contributed by atoms with van der Waals surface area (Å²) in [5.74, 6) is 0.429. The number of halogens is 1. The monoisotopic (exact) mass is 237 g/mol. The maximum Gasteiger partial charge on any atom is 0.141 e. The Morgan fingerprint density at radius 1 is 1.38 bits per heavy atom. The third kappa shape index (κ3) is 1.97. The average Bonchev–Trinajstić information content (AvgIpc) is 2.58. The third-order valence-corrected chi connectivity index (χ3v) is 3.93. The number of hydrogen-bond donors (Lipinski definition) is 1. The molecule has 1 aromatic carbocycles. The third-order valence-electron chi connectivity index (χ3n) is 2.65. The second-order valence-electron chi connectivity index (χ2n) is 4.42. The molecule has 0 aliphatic carbocycles. The van der Waals surface area contributed by atoms with Crippen molar-refractivity contribution in [1.29, 1.82) is 0 Å². The van der Waals surface area contributed by atoms with Gasteiger partial charge in [-0.25, -0.2) is 4.39 Å². The van der Waals surface area contributed by atoms with Crippen LogP contribution in [0.15, 0.2) is 18.2 Å². The number of fused-ring (bicyclic) bond motifs is 1. The highest BCUT2D eigenvalue weighted by Crippen LogP contribution is 2.34. The topological polar surface area (TPSA) is 26.0 Å². The van der Waals surface area contributed by atoms with E-state index >= 15 is 0 Å².